The Kier molecular flexibility index (Phi) is 2.64. The Morgan fingerprint density at radius 1 is 1.20 bits per heavy atom. The van der Waals surface area contributed by atoms with Crippen LogP contribution in [0.4, 0.5) is 0 Å². The fraction of sp³-hybridized carbons (Fsp3) is 0.462. The number of rotatable bonds is 2. The minimum Gasteiger partial charge on any atom is -0.488 e. The van der Waals surface area contributed by atoms with Crippen LogP contribution in [0.5, 0.6) is 5.75 Å². The average molecular weight is 201 g/mol. The molecule has 15 heavy (non-hydrogen) atoms. The molecule has 0 amide bonds. The Bertz CT molecular complexity index is 369. The molecule has 78 valence electrons. The van der Waals surface area contributed by atoms with Crippen molar-refractivity contribution < 1.29 is 4.74 Å². The average Bonchev–Trinajstić information content (AvgIpc) is 2.66. The Labute approximate surface area is 90.5 Å². The minimum atomic E-state index is 0.00810. The van der Waals surface area contributed by atoms with Crippen molar-refractivity contribution in [3.63, 3.8) is 0 Å². The van der Waals surface area contributed by atoms with Crippen molar-refractivity contribution in [1.29, 1.82) is 5.26 Å². The first-order valence-corrected chi connectivity index (χ1v) is 5.41. The normalized spacial score (nSPS) is 18.4. The fourth-order valence-corrected chi connectivity index (χ4v) is 2.11. The van der Waals surface area contributed by atoms with Crippen molar-refractivity contribution in [1.82, 2.24) is 0 Å². The monoisotopic (exact) mass is 201 g/mol. The van der Waals surface area contributed by atoms with Crippen molar-refractivity contribution in [2.24, 2.45) is 0 Å². The van der Waals surface area contributed by atoms with Gasteiger partial charge in [0.05, 0.1) is 11.6 Å². The number of nitriles is 1. The molecule has 0 spiro atoms. The quantitative estimate of drug-likeness (QED) is 0.735. The van der Waals surface area contributed by atoms with E-state index in [2.05, 4.69) is 13.0 Å². The lowest BCUT2D eigenvalue weighted by molar-refractivity contribution is 0.0968. The summed E-state index contributed by atoms with van der Waals surface area (Å²) in [7, 11) is 0. The first-order chi connectivity index (χ1) is 7.22. The first kappa shape index (κ1) is 10.0. The molecule has 2 rings (SSSR count). The van der Waals surface area contributed by atoms with Crippen molar-refractivity contribution in [2.45, 2.75) is 38.2 Å². The molecule has 0 radical (unpaired) electrons. The van der Waals surface area contributed by atoms with E-state index in [-0.39, 0.29) is 5.60 Å². The van der Waals surface area contributed by atoms with Gasteiger partial charge in [-0.1, -0.05) is 0 Å². The van der Waals surface area contributed by atoms with Gasteiger partial charge in [0.1, 0.15) is 11.4 Å². The molecule has 0 unspecified atom stereocenters. The second-order valence-corrected chi connectivity index (χ2v) is 4.40. The zero-order valence-corrected chi connectivity index (χ0v) is 8.99. The summed E-state index contributed by atoms with van der Waals surface area (Å²) < 4.78 is 5.95. The van der Waals surface area contributed by atoms with E-state index in [0.29, 0.717) is 5.56 Å². The lowest BCUT2D eigenvalue weighted by Gasteiger charge is -2.25. The standard InChI is InChI=1S/C13H15NO/c1-13(8-2-3-9-13)15-12-6-4-11(10-14)5-7-12/h4-7H,2-3,8-9H2,1H3. The molecule has 0 aromatic heterocycles. The van der Waals surface area contributed by atoms with E-state index in [1.165, 1.54) is 12.8 Å². The van der Waals surface area contributed by atoms with Crippen LogP contribution in [0.3, 0.4) is 0 Å². The highest BCUT2D eigenvalue weighted by atomic mass is 16.5. The van der Waals surface area contributed by atoms with E-state index < -0.39 is 0 Å². The van der Waals surface area contributed by atoms with Crippen molar-refractivity contribution in [2.75, 3.05) is 0 Å². The van der Waals surface area contributed by atoms with Gasteiger partial charge in [-0.3, -0.25) is 0 Å². The molecule has 1 aromatic carbocycles. The SMILES string of the molecule is CC1(Oc2ccc(C#N)cc2)CCCC1. The van der Waals surface area contributed by atoms with Gasteiger partial charge in [-0.05, 0) is 56.9 Å². The van der Waals surface area contributed by atoms with Crippen molar-refractivity contribution in [3.8, 4) is 11.8 Å². The molecule has 0 bridgehead atoms. The summed E-state index contributed by atoms with van der Waals surface area (Å²) in [5.74, 6) is 0.874. The second-order valence-electron chi connectivity index (χ2n) is 4.40. The topological polar surface area (TPSA) is 33.0 Å². The molecule has 2 nitrogen and oxygen atoms in total. The predicted octanol–water partition coefficient (Wildman–Crippen LogP) is 3.27. The molecule has 0 N–H and O–H groups in total. The number of hydrogen-bond acceptors (Lipinski definition) is 2. The van der Waals surface area contributed by atoms with Crippen LogP contribution in [0, 0.1) is 11.3 Å². The lowest BCUT2D eigenvalue weighted by Crippen LogP contribution is -2.27. The molecular formula is C13H15NO. The van der Waals surface area contributed by atoms with Gasteiger partial charge in [-0.15, -0.1) is 0 Å². The zero-order chi connectivity index (χ0) is 10.7. The molecule has 1 fully saturated rings. The maximum Gasteiger partial charge on any atom is 0.120 e. The third kappa shape index (κ3) is 2.30. The molecule has 1 aromatic rings. The number of benzene rings is 1. The van der Waals surface area contributed by atoms with E-state index in [1.54, 1.807) is 12.1 Å². The molecular weight excluding hydrogens is 186 g/mol. The molecule has 1 saturated carbocycles. The summed E-state index contributed by atoms with van der Waals surface area (Å²) in [6, 6.07) is 9.45. The molecule has 0 atom stereocenters. The van der Waals surface area contributed by atoms with Gasteiger partial charge >= 0.3 is 0 Å². The smallest absolute Gasteiger partial charge is 0.120 e. The Morgan fingerprint density at radius 2 is 1.80 bits per heavy atom. The molecule has 1 aliphatic rings. The van der Waals surface area contributed by atoms with Crippen LogP contribution in [0.15, 0.2) is 24.3 Å². The Hall–Kier alpha value is -1.49. The number of ether oxygens (including phenoxy) is 1. The second kappa shape index (κ2) is 3.94. The molecule has 0 heterocycles. The highest BCUT2D eigenvalue weighted by Gasteiger charge is 2.30. The van der Waals surface area contributed by atoms with Gasteiger partial charge in [-0.2, -0.15) is 5.26 Å². The minimum absolute atomic E-state index is 0.00810. The van der Waals surface area contributed by atoms with Crippen molar-refractivity contribution in [3.05, 3.63) is 29.8 Å². The van der Waals surface area contributed by atoms with Crippen LogP contribution in [-0.2, 0) is 0 Å². The molecule has 2 heteroatoms. The van der Waals surface area contributed by atoms with E-state index in [1.807, 2.05) is 12.1 Å². The van der Waals surface area contributed by atoms with Crippen LogP contribution < -0.4 is 4.74 Å². The molecule has 0 aliphatic heterocycles. The summed E-state index contributed by atoms with van der Waals surface area (Å²) in [6.07, 6.45) is 4.78. The Morgan fingerprint density at radius 3 is 2.33 bits per heavy atom. The van der Waals surface area contributed by atoms with Crippen LogP contribution in [-0.4, -0.2) is 5.60 Å². The number of nitrogens with zero attached hydrogens (tertiary/aromatic N) is 1. The number of hydrogen-bond donors (Lipinski definition) is 0. The van der Waals surface area contributed by atoms with E-state index in [9.17, 15) is 0 Å². The molecule has 0 saturated heterocycles. The predicted molar refractivity (Wildman–Crippen MR) is 58.7 cm³/mol. The largest absolute Gasteiger partial charge is 0.488 e. The Balaban J connectivity index is 2.08. The van der Waals surface area contributed by atoms with Crippen LogP contribution in [0.25, 0.3) is 0 Å². The highest BCUT2D eigenvalue weighted by molar-refractivity contribution is 5.34. The first-order valence-electron chi connectivity index (χ1n) is 5.41. The summed E-state index contributed by atoms with van der Waals surface area (Å²) in [6.45, 7) is 2.16. The van der Waals surface area contributed by atoms with Crippen LogP contribution >= 0.6 is 0 Å². The summed E-state index contributed by atoms with van der Waals surface area (Å²) in [5.41, 5.74) is 0.688. The maximum atomic E-state index is 8.67. The summed E-state index contributed by atoms with van der Waals surface area (Å²) in [5, 5.41) is 8.67. The van der Waals surface area contributed by atoms with Gasteiger partial charge in [0.25, 0.3) is 0 Å². The van der Waals surface area contributed by atoms with E-state index in [0.717, 1.165) is 18.6 Å². The van der Waals surface area contributed by atoms with Gasteiger partial charge in [0, 0.05) is 0 Å². The van der Waals surface area contributed by atoms with Crippen molar-refractivity contribution >= 4 is 0 Å². The highest BCUT2D eigenvalue weighted by Crippen LogP contribution is 2.33. The maximum absolute atomic E-state index is 8.67. The van der Waals surface area contributed by atoms with Gasteiger partial charge in [0.15, 0.2) is 0 Å². The zero-order valence-electron chi connectivity index (χ0n) is 8.99. The van der Waals surface area contributed by atoms with Gasteiger partial charge in [0.2, 0.25) is 0 Å². The van der Waals surface area contributed by atoms with Crippen LogP contribution in [0.1, 0.15) is 38.2 Å². The molecule has 1 aliphatic carbocycles. The van der Waals surface area contributed by atoms with Gasteiger partial charge in [-0.25, -0.2) is 0 Å². The summed E-state index contributed by atoms with van der Waals surface area (Å²) in [4.78, 5) is 0. The lowest BCUT2D eigenvalue weighted by atomic mass is 10.1. The van der Waals surface area contributed by atoms with Gasteiger partial charge < -0.3 is 4.74 Å². The van der Waals surface area contributed by atoms with E-state index in [4.69, 9.17) is 10.00 Å². The van der Waals surface area contributed by atoms with Crippen LogP contribution in [0.2, 0.25) is 0 Å². The third-order valence-corrected chi connectivity index (χ3v) is 3.01. The van der Waals surface area contributed by atoms with E-state index >= 15 is 0 Å². The third-order valence-electron chi connectivity index (χ3n) is 3.01. The summed E-state index contributed by atoms with van der Waals surface area (Å²) >= 11 is 0. The fourth-order valence-electron chi connectivity index (χ4n) is 2.11.